The number of rotatable bonds is 3. The van der Waals surface area contributed by atoms with E-state index in [4.69, 9.17) is 15.9 Å². The fourth-order valence-electron chi connectivity index (χ4n) is 1.39. The summed E-state index contributed by atoms with van der Waals surface area (Å²) in [7, 11) is 0. The molecule has 78 valence electrons. The van der Waals surface area contributed by atoms with Crippen molar-refractivity contribution in [2.24, 2.45) is 5.73 Å². The summed E-state index contributed by atoms with van der Waals surface area (Å²) in [5, 5.41) is 17.7. The molecule has 1 aromatic rings. The molecule has 1 atom stereocenters. The average molecular weight is 198 g/mol. The van der Waals surface area contributed by atoms with Crippen LogP contribution < -0.4 is 5.73 Å². The molecular formula is C9H14N2O3. The third-order valence-corrected chi connectivity index (χ3v) is 2.38. The van der Waals surface area contributed by atoms with Gasteiger partial charge in [0.1, 0.15) is 5.69 Å². The number of hydrogen-bond acceptors (Lipinski definition) is 3. The van der Waals surface area contributed by atoms with E-state index in [0.717, 1.165) is 5.56 Å². The quantitative estimate of drug-likeness (QED) is 0.562. The molecule has 5 heteroatoms. The van der Waals surface area contributed by atoms with E-state index in [0.29, 0.717) is 11.3 Å². The highest BCUT2D eigenvalue weighted by molar-refractivity contribution is 5.88. The molecule has 1 rings (SSSR count). The molecule has 0 saturated carbocycles. The van der Waals surface area contributed by atoms with E-state index in [1.807, 2.05) is 0 Å². The zero-order chi connectivity index (χ0) is 10.9. The fraction of sp³-hybridized carbons (Fsp3) is 0.444. The molecule has 1 heterocycles. The van der Waals surface area contributed by atoms with Crippen molar-refractivity contribution in [1.82, 2.24) is 4.98 Å². The molecule has 5 nitrogen and oxygen atoms in total. The van der Waals surface area contributed by atoms with Gasteiger partial charge >= 0.3 is 5.97 Å². The largest absolute Gasteiger partial charge is 0.477 e. The van der Waals surface area contributed by atoms with Crippen LogP contribution in [-0.4, -0.2) is 27.8 Å². The minimum absolute atomic E-state index is 0.140. The number of aromatic amines is 1. The highest BCUT2D eigenvalue weighted by Crippen LogP contribution is 2.21. The summed E-state index contributed by atoms with van der Waals surface area (Å²) in [6.45, 7) is 3.28. The van der Waals surface area contributed by atoms with Gasteiger partial charge in [-0.1, -0.05) is 0 Å². The Morgan fingerprint density at radius 3 is 2.43 bits per heavy atom. The number of H-pyrrole nitrogens is 1. The highest BCUT2D eigenvalue weighted by Gasteiger charge is 2.18. The monoisotopic (exact) mass is 198 g/mol. The predicted molar refractivity (Wildman–Crippen MR) is 51.2 cm³/mol. The first-order valence-corrected chi connectivity index (χ1v) is 4.27. The molecular weight excluding hydrogens is 184 g/mol. The summed E-state index contributed by atoms with van der Waals surface area (Å²) in [6, 6.07) is -0.554. The molecule has 0 spiro atoms. The Morgan fingerprint density at radius 2 is 2.07 bits per heavy atom. The first-order chi connectivity index (χ1) is 6.49. The summed E-state index contributed by atoms with van der Waals surface area (Å²) in [6.07, 6.45) is 0. The van der Waals surface area contributed by atoms with E-state index in [1.165, 1.54) is 0 Å². The van der Waals surface area contributed by atoms with Crippen molar-refractivity contribution in [3.8, 4) is 0 Å². The predicted octanol–water partition coefficient (Wildman–Crippen LogP) is 0.322. The average Bonchev–Trinajstić information content (AvgIpc) is 2.43. The molecule has 0 radical (unpaired) electrons. The van der Waals surface area contributed by atoms with Gasteiger partial charge in [0.15, 0.2) is 0 Å². The second-order valence-electron chi connectivity index (χ2n) is 3.26. The maximum atomic E-state index is 10.8. The van der Waals surface area contributed by atoms with Gasteiger partial charge in [0.05, 0.1) is 12.6 Å². The van der Waals surface area contributed by atoms with Crippen LogP contribution in [0.5, 0.6) is 0 Å². The van der Waals surface area contributed by atoms with E-state index in [2.05, 4.69) is 4.98 Å². The maximum Gasteiger partial charge on any atom is 0.352 e. The van der Waals surface area contributed by atoms with Gasteiger partial charge in [-0.2, -0.15) is 0 Å². The zero-order valence-electron chi connectivity index (χ0n) is 8.16. The summed E-state index contributed by atoms with van der Waals surface area (Å²) in [4.78, 5) is 13.5. The Bertz CT molecular complexity index is 357. The minimum atomic E-state index is -1.01. The van der Waals surface area contributed by atoms with Crippen molar-refractivity contribution in [2.45, 2.75) is 19.9 Å². The normalized spacial score (nSPS) is 12.9. The Hall–Kier alpha value is -1.33. The molecule has 5 N–H and O–H groups in total. The number of aliphatic hydroxyl groups excluding tert-OH is 1. The Labute approximate surface area is 81.6 Å². The third kappa shape index (κ3) is 1.64. The molecule has 0 fully saturated rings. The number of aromatic carboxylic acids is 1. The number of carboxylic acid groups (broad SMARTS) is 1. The summed E-state index contributed by atoms with van der Waals surface area (Å²) >= 11 is 0. The van der Waals surface area contributed by atoms with Crippen LogP contribution in [0.4, 0.5) is 0 Å². The number of hydrogen-bond donors (Lipinski definition) is 4. The summed E-state index contributed by atoms with van der Waals surface area (Å²) in [5.41, 5.74) is 7.79. The fourth-order valence-corrected chi connectivity index (χ4v) is 1.39. The number of aliphatic hydroxyl groups is 1. The van der Waals surface area contributed by atoms with Gasteiger partial charge in [-0.25, -0.2) is 4.79 Å². The third-order valence-electron chi connectivity index (χ3n) is 2.38. The first-order valence-electron chi connectivity index (χ1n) is 4.27. The highest BCUT2D eigenvalue weighted by atomic mass is 16.4. The van der Waals surface area contributed by atoms with Crippen molar-refractivity contribution in [3.63, 3.8) is 0 Å². The Balaban J connectivity index is 3.21. The molecule has 0 aliphatic carbocycles. The van der Waals surface area contributed by atoms with Crippen LogP contribution in [0.25, 0.3) is 0 Å². The van der Waals surface area contributed by atoms with Gasteiger partial charge in [0, 0.05) is 5.69 Å². The lowest BCUT2D eigenvalue weighted by atomic mass is 10.1. The lowest BCUT2D eigenvalue weighted by Crippen LogP contribution is -2.16. The van der Waals surface area contributed by atoms with Crippen LogP contribution in [0.1, 0.15) is 33.4 Å². The molecule has 0 aliphatic rings. The van der Waals surface area contributed by atoms with Crippen LogP contribution in [0, 0.1) is 13.8 Å². The maximum absolute atomic E-state index is 10.8. The molecule has 0 bridgehead atoms. The summed E-state index contributed by atoms with van der Waals surface area (Å²) < 4.78 is 0. The lowest BCUT2D eigenvalue weighted by molar-refractivity contribution is 0.0690. The van der Waals surface area contributed by atoms with Gasteiger partial charge in [0.2, 0.25) is 0 Å². The number of nitrogens with two attached hydrogens (primary N) is 1. The smallest absolute Gasteiger partial charge is 0.352 e. The molecule has 14 heavy (non-hydrogen) atoms. The zero-order valence-corrected chi connectivity index (χ0v) is 8.16. The van der Waals surface area contributed by atoms with Crippen LogP contribution in [-0.2, 0) is 0 Å². The van der Waals surface area contributed by atoms with Crippen LogP contribution in [0.2, 0.25) is 0 Å². The van der Waals surface area contributed by atoms with E-state index in [9.17, 15) is 4.79 Å². The molecule has 0 amide bonds. The first kappa shape index (κ1) is 10.7. The van der Waals surface area contributed by atoms with E-state index in [-0.39, 0.29) is 12.3 Å². The van der Waals surface area contributed by atoms with Gasteiger partial charge in [0.25, 0.3) is 0 Å². The molecule has 0 saturated heterocycles. The van der Waals surface area contributed by atoms with Crippen molar-refractivity contribution in [1.29, 1.82) is 0 Å². The van der Waals surface area contributed by atoms with Gasteiger partial charge < -0.3 is 20.9 Å². The van der Waals surface area contributed by atoms with Gasteiger partial charge in [-0.3, -0.25) is 0 Å². The lowest BCUT2D eigenvalue weighted by Gasteiger charge is -2.06. The standard InChI is InChI=1S/C9H14N2O3/c1-4-5(2)8(9(13)14)11-7(4)6(10)3-12/h6,11-12H,3,10H2,1-2H3,(H,13,14). The van der Waals surface area contributed by atoms with Crippen LogP contribution in [0.3, 0.4) is 0 Å². The van der Waals surface area contributed by atoms with E-state index >= 15 is 0 Å². The second kappa shape index (κ2) is 3.81. The second-order valence-corrected chi connectivity index (χ2v) is 3.26. The van der Waals surface area contributed by atoms with E-state index < -0.39 is 12.0 Å². The van der Waals surface area contributed by atoms with Crippen molar-refractivity contribution in [2.75, 3.05) is 6.61 Å². The van der Waals surface area contributed by atoms with Gasteiger partial charge in [-0.15, -0.1) is 0 Å². The summed E-state index contributed by atoms with van der Waals surface area (Å²) in [5.74, 6) is -1.01. The molecule has 1 aromatic heterocycles. The topological polar surface area (TPSA) is 99.3 Å². The van der Waals surface area contributed by atoms with E-state index in [1.54, 1.807) is 13.8 Å². The van der Waals surface area contributed by atoms with Crippen molar-refractivity contribution in [3.05, 3.63) is 22.5 Å². The SMILES string of the molecule is Cc1c(C(=O)O)[nH]c(C(N)CO)c1C. The Morgan fingerprint density at radius 1 is 1.50 bits per heavy atom. The number of nitrogens with one attached hydrogen (secondary N) is 1. The van der Waals surface area contributed by atoms with Crippen molar-refractivity contribution >= 4 is 5.97 Å². The van der Waals surface area contributed by atoms with Crippen LogP contribution >= 0.6 is 0 Å². The van der Waals surface area contributed by atoms with Crippen LogP contribution in [0.15, 0.2) is 0 Å². The number of carboxylic acids is 1. The van der Waals surface area contributed by atoms with Gasteiger partial charge in [-0.05, 0) is 25.0 Å². The number of aromatic nitrogens is 1. The molecule has 0 aromatic carbocycles. The number of carbonyl (C=O) groups is 1. The Kier molecular flexibility index (Phi) is 2.93. The molecule has 1 unspecified atom stereocenters. The molecule has 0 aliphatic heterocycles. The van der Waals surface area contributed by atoms with Crippen molar-refractivity contribution < 1.29 is 15.0 Å². The minimum Gasteiger partial charge on any atom is -0.477 e.